The van der Waals surface area contributed by atoms with Crippen LogP contribution in [0, 0.1) is 0 Å². The molecule has 10 heteroatoms. The number of ether oxygens (including phenoxy) is 2. The van der Waals surface area contributed by atoms with Crippen molar-refractivity contribution in [3.8, 4) is 11.5 Å². The Balaban J connectivity index is 0.00000450. The minimum Gasteiger partial charge on any atom is -0.493 e. The van der Waals surface area contributed by atoms with Crippen LogP contribution in [0.3, 0.4) is 0 Å². The highest BCUT2D eigenvalue weighted by molar-refractivity contribution is 14.0. The second-order valence-electron chi connectivity index (χ2n) is 7.36. The first-order valence-corrected chi connectivity index (χ1v) is 10.4. The minimum atomic E-state index is -3.68. The van der Waals surface area contributed by atoms with E-state index in [-0.39, 0.29) is 41.4 Å². The van der Waals surface area contributed by atoms with Crippen LogP contribution < -0.4 is 25.2 Å². The Morgan fingerprint density at radius 2 is 1.70 bits per heavy atom. The van der Waals surface area contributed by atoms with E-state index >= 15 is 0 Å². The normalized spacial score (nSPS) is 12.1. The molecule has 0 fully saturated rings. The third-order valence-corrected chi connectivity index (χ3v) is 5.64. The van der Waals surface area contributed by atoms with Crippen molar-refractivity contribution < 1.29 is 17.9 Å². The number of anilines is 1. The molecule has 0 atom stereocenters. The van der Waals surface area contributed by atoms with Gasteiger partial charge in [-0.15, -0.1) is 24.0 Å². The average molecular weight is 548 g/mol. The van der Waals surface area contributed by atoms with Crippen LogP contribution in [0.4, 0.5) is 5.69 Å². The smallest absolute Gasteiger partial charge is 0.241 e. The lowest BCUT2D eigenvalue weighted by Gasteiger charge is -2.21. The maximum Gasteiger partial charge on any atom is 0.241 e. The van der Waals surface area contributed by atoms with E-state index in [1.165, 1.54) is 0 Å². The van der Waals surface area contributed by atoms with Crippen molar-refractivity contribution in [3.63, 3.8) is 0 Å². The van der Waals surface area contributed by atoms with Crippen LogP contribution in [0.2, 0.25) is 0 Å². The monoisotopic (exact) mass is 548 g/mol. The van der Waals surface area contributed by atoms with Gasteiger partial charge in [-0.1, -0.05) is 18.2 Å². The van der Waals surface area contributed by atoms with Crippen molar-refractivity contribution in [1.29, 1.82) is 0 Å². The average Bonchev–Trinajstić information content (AvgIpc) is 2.64. The molecule has 2 aromatic rings. The Morgan fingerprint density at radius 1 is 1.07 bits per heavy atom. The number of aliphatic imine (C=N–C) groups is 1. The minimum absolute atomic E-state index is 0. The van der Waals surface area contributed by atoms with E-state index in [9.17, 15) is 8.42 Å². The molecule has 0 bridgehead atoms. The fourth-order valence-corrected chi connectivity index (χ4v) is 4.28. The van der Waals surface area contributed by atoms with E-state index in [1.54, 1.807) is 77.5 Å². The molecule has 2 aromatic carbocycles. The van der Waals surface area contributed by atoms with Gasteiger partial charge in [0.25, 0.3) is 0 Å². The van der Waals surface area contributed by atoms with Crippen LogP contribution in [0.15, 0.2) is 52.4 Å². The maximum atomic E-state index is 12.7. The van der Waals surface area contributed by atoms with E-state index in [1.807, 2.05) is 0 Å². The maximum absolute atomic E-state index is 12.7. The Hall–Kier alpha value is -2.05. The van der Waals surface area contributed by atoms with E-state index < -0.39 is 15.6 Å². The summed E-state index contributed by atoms with van der Waals surface area (Å²) in [6, 6.07) is 12.0. The molecule has 0 unspecified atom stereocenters. The molecule has 30 heavy (non-hydrogen) atoms. The van der Waals surface area contributed by atoms with Gasteiger partial charge in [0.1, 0.15) is 0 Å². The lowest BCUT2D eigenvalue weighted by Crippen LogP contribution is -2.40. The Kier molecular flexibility index (Phi) is 9.37. The number of nitrogens with zero attached hydrogens (tertiary/aromatic N) is 1. The van der Waals surface area contributed by atoms with Gasteiger partial charge in [0.15, 0.2) is 17.5 Å². The molecular formula is C20H29IN4O4S. The van der Waals surface area contributed by atoms with Gasteiger partial charge in [-0.05, 0) is 44.5 Å². The molecule has 4 N–H and O–H groups in total. The summed E-state index contributed by atoms with van der Waals surface area (Å²) in [5.41, 5.74) is 6.59. The highest BCUT2D eigenvalue weighted by Crippen LogP contribution is 2.29. The Labute approximate surface area is 195 Å². The standard InChI is InChI=1S/C20H28N4O4S.HI/c1-20(2,3)24-29(25,26)18-9-7-6-8-14(18)13-22-19(21)23-15-10-11-16(27-4)17(12-15)28-5;/h6-12,24H,13H2,1-5H3,(H3,21,22,23);1H. The number of nitrogens with two attached hydrogens (primary N) is 1. The summed E-state index contributed by atoms with van der Waals surface area (Å²) in [5, 5.41) is 2.96. The van der Waals surface area contributed by atoms with Crippen LogP contribution >= 0.6 is 24.0 Å². The molecule has 0 aliphatic heterocycles. The van der Waals surface area contributed by atoms with Crippen molar-refractivity contribution in [2.45, 2.75) is 37.8 Å². The zero-order chi connectivity index (χ0) is 21.7. The summed E-state index contributed by atoms with van der Waals surface area (Å²) >= 11 is 0. The van der Waals surface area contributed by atoms with Crippen LogP contribution in [0.25, 0.3) is 0 Å². The zero-order valence-electron chi connectivity index (χ0n) is 17.7. The SMILES string of the molecule is COc1ccc(NC(N)=NCc2ccccc2S(=O)(=O)NC(C)(C)C)cc1OC.I. The van der Waals surface area contributed by atoms with Crippen molar-refractivity contribution in [2.75, 3.05) is 19.5 Å². The van der Waals surface area contributed by atoms with Crippen molar-refractivity contribution in [1.82, 2.24) is 4.72 Å². The second-order valence-corrected chi connectivity index (χ2v) is 9.01. The van der Waals surface area contributed by atoms with Gasteiger partial charge >= 0.3 is 0 Å². The van der Waals surface area contributed by atoms with Gasteiger partial charge in [-0.25, -0.2) is 18.1 Å². The molecule has 0 radical (unpaired) electrons. The molecular weight excluding hydrogens is 519 g/mol. The number of guanidine groups is 1. The van der Waals surface area contributed by atoms with Gasteiger partial charge < -0.3 is 20.5 Å². The first kappa shape index (κ1) is 26.0. The van der Waals surface area contributed by atoms with Crippen LogP contribution in [-0.2, 0) is 16.6 Å². The molecule has 2 rings (SSSR count). The molecule has 8 nitrogen and oxygen atoms in total. The van der Waals surface area contributed by atoms with Gasteiger partial charge in [-0.3, -0.25) is 0 Å². The van der Waals surface area contributed by atoms with E-state index in [0.717, 1.165) is 0 Å². The molecule has 0 saturated heterocycles. The van der Waals surface area contributed by atoms with Gasteiger partial charge in [0.2, 0.25) is 10.0 Å². The Bertz CT molecular complexity index is 989. The van der Waals surface area contributed by atoms with Crippen LogP contribution in [0.5, 0.6) is 11.5 Å². The molecule has 0 amide bonds. The largest absolute Gasteiger partial charge is 0.493 e. The Morgan fingerprint density at radius 3 is 2.30 bits per heavy atom. The quantitative estimate of drug-likeness (QED) is 0.278. The summed E-state index contributed by atoms with van der Waals surface area (Å²) in [7, 11) is -0.583. The number of sulfonamides is 1. The fraction of sp³-hybridized carbons (Fsp3) is 0.350. The van der Waals surface area contributed by atoms with Crippen molar-refractivity contribution in [2.24, 2.45) is 10.7 Å². The molecule has 0 heterocycles. The highest BCUT2D eigenvalue weighted by Gasteiger charge is 2.24. The van der Waals surface area contributed by atoms with Gasteiger partial charge in [0.05, 0.1) is 25.7 Å². The summed E-state index contributed by atoms with van der Waals surface area (Å²) in [6.45, 7) is 5.47. The van der Waals surface area contributed by atoms with Crippen molar-refractivity contribution >= 4 is 45.6 Å². The lowest BCUT2D eigenvalue weighted by atomic mass is 10.1. The van der Waals surface area contributed by atoms with E-state index in [2.05, 4.69) is 15.0 Å². The first-order valence-electron chi connectivity index (χ1n) is 8.96. The predicted molar refractivity (Wildman–Crippen MR) is 130 cm³/mol. The number of halogens is 1. The number of methoxy groups -OCH3 is 2. The third-order valence-electron chi connectivity index (χ3n) is 3.78. The molecule has 166 valence electrons. The van der Waals surface area contributed by atoms with Gasteiger partial charge in [0, 0.05) is 17.3 Å². The number of benzene rings is 2. The summed E-state index contributed by atoms with van der Waals surface area (Å²) in [6.07, 6.45) is 0. The molecule has 0 saturated carbocycles. The van der Waals surface area contributed by atoms with E-state index in [0.29, 0.717) is 22.7 Å². The lowest BCUT2D eigenvalue weighted by molar-refractivity contribution is 0.355. The summed E-state index contributed by atoms with van der Waals surface area (Å²) in [5.74, 6) is 1.29. The predicted octanol–water partition coefficient (Wildman–Crippen LogP) is 3.33. The van der Waals surface area contributed by atoms with E-state index in [4.69, 9.17) is 15.2 Å². The fourth-order valence-electron chi connectivity index (χ4n) is 2.63. The summed E-state index contributed by atoms with van der Waals surface area (Å²) < 4.78 is 38.5. The third kappa shape index (κ3) is 7.33. The number of nitrogens with one attached hydrogen (secondary N) is 2. The zero-order valence-corrected chi connectivity index (χ0v) is 20.9. The highest BCUT2D eigenvalue weighted by atomic mass is 127. The molecule has 0 aliphatic carbocycles. The first-order chi connectivity index (χ1) is 13.6. The molecule has 0 aliphatic rings. The van der Waals surface area contributed by atoms with Crippen molar-refractivity contribution in [3.05, 3.63) is 48.0 Å². The number of hydrogen-bond acceptors (Lipinski definition) is 5. The van der Waals surface area contributed by atoms with Crippen LogP contribution in [-0.4, -0.2) is 34.1 Å². The topological polar surface area (TPSA) is 115 Å². The summed E-state index contributed by atoms with van der Waals surface area (Å²) in [4.78, 5) is 4.46. The molecule has 0 aromatic heterocycles. The van der Waals surface area contributed by atoms with Gasteiger partial charge in [-0.2, -0.15) is 0 Å². The number of hydrogen-bond donors (Lipinski definition) is 3. The second kappa shape index (κ2) is 10.8. The molecule has 0 spiro atoms. The van der Waals surface area contributed by atoms with Crippen LogP contribution in [0.1, 0.15) is 26.3 Å². The number of rotatable bonds is 7.